The van der Waals surface area contributed by atoms with Crippen LogP contribution >= 0.6 is 0 Å². The highest BCUT2D eigenvalue weighted by Gasteiger charge is 2.13. The number of aromatic nitrogens is 3. The third kappa shape index (κ3) is 4.66. The summed E-state index contributed by atoms with van der Waals surface area (Å²) < 4.78 is 2.25. The molecule has 0 radical (unpaired) electrons. The van der Waals surface area contributed by atoms with Crippen molar-refractivity contribution in [2.24, 2.45) is 0 Å². The van der Waals surface area contributed by atoms with Crippen LogP contribution in [0.2, 0.25) is 0 Å². The van der Waals surface area contributed by atoms with Gasteiger partial charge in [0.05, 0.1) is 12.0 Å². The second-order valence-electron chi connectivity index (χ2n) is 7.40. The Labute approximate surface area is 141 Å². The molecule has 23 heavy (non-hydrogen) atoms. The predicted octanol–water partition coefficient (Wildman–Crippen LogP) is 5.67. The molecule has 2 heterocycles. The quantitative estimate of drug-likeness (QED) is 0.659. The smallest absolute Gasteiger partial charge is 0.0952 e. The maximum atomic E-state index is 4.58. The van der Waals surface area contributed by atoms with E-state index in [0.29, 0.717) is 23.8 Å². The number of hydrogen-bond donors (Lipinski definition) is 0. The molecule has 0 aliphatic carbocycles. The molecule has 0 fully saturated rings. The lowest BCUT2D eigenvalue weighted by molar-refractivity contribution is 0.462. The number of nitrogens with zero attached hydrogens (tertiary/aromatic N) is 3. The van der Waals surface area contributed by atoms with Crippen molar-refractivity contribution in [2.75, 3.05) is 0 Å². The SMILES string of the molecule is CC(C)c1ccnc(C(C)CCC(C)n2cnc(C(C)C)c2)c1. The van der Waals surface area contributed by atoms with Gasteiger partial charge in [0.15, 0.2) is 0 Å². The predicted molar refractivity (Wildman–Crippen MR) is 97.0 cm³/mol. The largest absolute Gasteiger partial charge is 0.334 e. The standard InChI is InChI=1S/C20H31N3/c1-14(2)18-9-10-21-19(11-18)16(5)7-8-17(6)23-12-20(15(3)4)22-13-23/h9-17H,7-8H2,1-6H3. The van der Waals surface area contributed by atoms with Crippen molar-refractivity contribution in [1.29, 1.82) is 0 Å². The van der Waals surface area contributed by atoms with E-state index < -0.39 is 0 Å². The van der Waals surface area contributed by atoms with Crippen LogP contribution in [0.3, 0.4) is 0 Å². The summed E-state index contributed by atoms with van der Waals surface area (Å²) in [7, 11) is 0. The summed E-state index contributed by atoms with van der Waals surface area (Å²) in [5, 5.41) is 0. The van der Waals surface area contributed by atoms with Crippen molar-refractivity contribution < 1.29 is 0 Å². The lowest BCUT2D eigenvalue weighted by Crippen LogP contribution is -2.06. The highest BCUT2D eigenvalue weighted by atomic mass is 15.1. The molecular formula is C20H31N3. The molecule has 0 saturated carbocycles. The van der Waals surface area contributed by atoms with Crippen molar-refractivity contribution >= 4 is 0 Å². The first-order valence-electron chi connectivity index (χ1n) is 8.87. The highest BCUT2D eigenvalue weighted by molar-refractivity contribution is 5.21. The zero-order valence-electron chi connectivity index (χ0n) is 15.5. The summed E-state index contributed by atoms with van der Waals surface area (Å²) >= 11 is 0. The zero-order valence-corrected chi connectivity index (χ0v) is 15.5. The van der Waals surface area contributed by atoms with Crippen LogP contribution in [0.5, 0.6) is 0 Å². The molecular weight excluding hydrogens is 282 g/mol. The van der Waals surface area contributed by atoms with Crippen LogP contribution in [-0.2, 0) is 0 Å². The summed E-state index contributed by atoms with van der Waals surface area (Å²) in [6, 6.07) is 4.88. The molecule has 0 aliphatic rings. The van der Waals surface area contributed by atoms with Crippen molar-refractivity contribution in [3.63, 3.8) is 0 Å². The molecule has 0 saturated heterocycles. The molecule has 2 aromatic heterocycles. The average Bonchev–Trinajstić information content (AvgIpc) is 3.02. The highest BCUT2D eigenvalue weighted by Crippen LogP contribution is 2.26. The Kier molecular flexibility index (Phi) is 5.97. The molecule has 0 amide bonds. The van der Waals surface area contributed by atoms with Gasteiger partial charge in [-0.1, -0.05) is 34.6 Å². The maximum absolute atomic E-state index is 4.58. The molecule has 0 aromatic carbocycles. The van der Waals surface area contributed by atoms with Gasteiger partial charge in [0.25, 0.3) is 0 Å². The van der Waals surface area contributed by atoms with E-state index in [2.05, 4.69) is 74.4 Å². The third-order valence-electron chi connectivity index (χ3n) is 4.72. The van der Waals surface area contributed by atoms with E-state index in [-0.39, 0.29) is 0 Å². The van der Waals surface area contributed by atoms with Gasteiger partial charge in [0.2, 0.25) is 0 Å². The summed E-state index contributed by atoms with van der Waals surface area (Å²) in [5.41, 5.74) is 3.78. The topological polar surface area (TPSA) is 30.7 Å². The van der Waals surface area contributed by atoms with Gasteiger partial charge in [0.1, 0.15) is 0 Å². The molecule has 2 atom stereocenters. The molecule has 3 nitrogen and oxygen atoms in total. The van der Waals surface area contributed by atoms with E-state index in [1.807, 2.05) is 12.5 Å². The summed E-state index contributed by atoms with van der Waals surface area (Å²) in [4.78, 5) is 9.08. The van der Waals surface area contributed by atoms with Crippen molar-refractivity contribution in [2.45, 2.75) is 78.2 Å². The van der Waals surface area contributed by atoms with Crippen LogP contribution in [0.1, 0.15) is 95.1 Å². The van der Waals surface area contributed by atoms with E-state index in [1.165, 1.54) is 17.0 Å². The van der Waals surface area contributed by atoms with Crippen LogP contribution in [0.25, 0.3) is 0 Å². The maximum Gasteiger partial charge on any atom is 0.0952 e. The number of imidazole rings is 1. The Morgan fingerprint density at radius 1 is 0.913 bits per heavy atom. The number of rotatable bonds is 7. The van der Waals surface area contributed by atoms with Crippen LogP contribution in [0.4, 0.5) is 0 Å². The molecule has 2 rings (SSSR count). The fourth-order valence-corrected chi connectivity index (χ4v) is 2.77. The molecule has 0 bridgehead atoms. The summed E-state index contributed by atoms with van der Waals surface area (Å²) in [5.74, 6) is 1.54. The molecule has 2 unspecified atom stereocenters. The first-order chi connectivity index (χ1) is 10.9. The summed E-state index contributed by atoms with van der Waals surface area (Å²) in [6.07, 6.45) is 8.41. The fraction of sp³-hybridized carbons (Fsp3) is 0.600. The van der Waals surface area contributed by atoms with Gasteiger partial charge >= 0.3 is 0 Å². The fourth-order valence-electron chi connectivity index (χ4n) is 2.77. The number of hydrogen-bond acceptors (Lipinski definition) is 2. The van der Waals surface area contributed by atoms with Gasteiger partial charge in [-0.15, -0.1) is 0 Å². The van der Waals surface area contributed by atoms with Gasteiger partial charge in [-0.2, -0.15) is 0 Å². The molecule has 0 N–H and O–H groups in total. The Morgan fingerprint density at radius 2 is 1.65 bits per heavy atom. The third-order valence-corrected chi connectivity index (χ3v) is 4.72. The lowest BCUT2D eigenvalue weighted by atomic mass is 9.95. The first-order valence-corrected chi connectivity index (χ1v) is 8.87. The lowest BCUT2D eigenvalue weighted by Gasteiger charge is -2.17. The van der Waals surface area contributed by atoms with Gasteiger partial charge in [-0.25, -0.2) is 4.98 Å². The minimum atomic E-state index is 0.478. The minimum absolute atomic E-state index is 0.478. The average molecular weight is 313 g/mol. The Balaban J connectivity index is 1.95. The van der Waals surface area contributed by atoms with Gasteiger partial charge in [-0.05, 0) is 55.2 Å². The van der Waals surface area contributed by atoms with E-state index in [0.717, 1.165) is 12.8 Å². The second kappa shape index (κ2) is 7.76. The molecule has 3 heteroatoms. The van der Waals surface area contributed by atoms with Crippen LogP contribution in [0.15, 0.2) is 30.9 Å². The van der Waals surface area contributed by atoms with E-state index in [4.69, 9.17) is 0 Å². The van der Waals surface area contributed by atoms with E-state index in [9.17, 15) is 0 Å². The van der Waals surface area contributed by atoms with Crippen LogP contribution in [-0.4, -0.2) is 14.5 Å². The van der Waals surface area contributed by atoms with Crippen LogP contribution in [0, 0.1) is 0 Å². The normalized spacial score (nSPS) is 14.4. The molecule has 0 aliphatic heterocycles. The molecule has 2 aromatic rings. The van der Waals surface area contributed by atoms with Crippen LogP contribution < -0.4 is 0 Å². The van der Waals surface area contributed by atoms with Gasteiger partial charge in [0, 0.05) is 24.1 Å². The van der Waals surface area contributed by atoms with Gasteiger partial charge < -0.3 is 4.57 Å². The summed E-state index contributed by atoms with van der Waals surface area (Å²) in [6.45, 7) is 13.4. The first kappa shape index (κ1) is 17.7. The Morgan fingerprint density at radius 3 is 2.26 bits per heavy atom. The van der Waals surface area contributed by atoms with E-state index in [1.54, 1.807) is 0 Å². The Bertz CT molecular complexity index is 613. The monoisotopic (exact) mass is 313 g/mol. The van der Waals surface area contributed by atoms with Crippen molar-refractivity contribution in [3.05, 3.63) is 47.8 Å². The number of pyridine rings is 1. The van der Waals surface area contributed by atoms with Crippen molar-refractivity contribution in [1.82, 2.24) is 14.5 Å². The van der Waals surface area contributed by atoms with Gasteiger partial charge in [-0.3, -0.25) is 4.98 Å². The van der Waals surface area contributed by atoms with E-state index >= 15 is 0 Å². The Hall–Kier alpha value is -1.64. The minimum Gasteiger partial charge on any atom is -0.334 e. The molecule has 0 spiro atoms. The second-order valence-corrected chi connectivity index (χ2v) is 7.40. The molecule has 126 valence electrons. The van der Waals surface area contributed by atoms with Crippen molar-refractivity contribution in [3.8, 4) is 0 Å². The zero-order chi connectivity index (χ0) is 17.0.